The van der Waals surface area contributed by atoms with Crippen LogP contribution in [0.25, 0.3) is 0 Å². The number of carbonyl (C=O) groups is 3. The average Bonchev–Trinajstić information content (AvgIpc) is 2.65. The molecule has 2 rings (SSSR count). The molecule has 1 fully saturated rings. The Morgan fingerprint density at radius 3 is 2.03 bits per heavy atom. The first-order chi connectivity index (χ1) is 13.7. The van der Waals surface area contributed by atoms with Gasteiger partial charge in [-0.2, -0.15) is 0 Å². The van der Waals surface area contributed by atoms with Gasteiger partial charge in [0.2, 0.25) is 5.91 Å². The monoisotopic (exact) mass is 403 g/mol. The number of nitrogens with zero attached hydrogens (tertiary/aromatic N) is 2. The fraction of sp³-hybridized carbons (Fsp3) is 0.571. The molecule has 1 aliphatic heterocycles. The Hall–Kier alpha value is -2.61. The van der Waals surface area contributed by atoms with Crippen molar-refractivity contribution in [2.45, 2.75) is 46.3 Å². The molecular formula is C21H33N5O3. The van der Waals surface area contributed by atoms with E-state index in [4.69, 9.17) is 0 Å². The fourth-order valence-corrected chi connectivity index (χ4v) is 3.12. The van der Waals surface area contributed by atoms with Crippen molar-refractivity contribution < 1.29 is 14.4 Å². The summed E-state index contributed by atoms with van der Waals surface area (Å²) in [5.74, 6) is 0.0133. The van der Waals surface area contributed by atoms with Crippen LogP contribution in [0.15, 0.2) is 24.3 Å². The lowest BCUT2D eigenvalue weighted by atomic mass is 10.1. The third kappa shape index (κ3) is 7.73. The molecule has 1 heterocycles. The van der Waals surface area contributed by atoms with Gasteiger partial charge in [-0.3, -0.25) is 14.5 Å². The van der Waals surface area contributed by atoms with Crippen molar-refractivity contribution in [3.63, 3.8) is 0 Å². The molecule has 0 radical (unpaired) electrons. The third-order valence-electron chi connectivity index (χ3n) is 4.55. The van der Waals surface area contributed by atoms with E-state index in [0.29, 0.717) is 44.8 Å². The predicted molar refractivity (Wildman–Crippen MR) is 113 cm³/mol. The van der Waals surface area contributed by atoms with Crippen LogP contribution in [0.4, 0.5) is 4.79 Å². The van der Waals surface area contributed by atoms with Crippen LogP contribution in [0.2, 0.25) is 0 Å². The van der Waals surface area contributed by atoms with Crippen molar-refractivity contribution in [3.8, 4) is 0 Å². The van der Waals surface area contributed by atoms with Gasteiger partial charge in [-0.05, 0) is 45.4 Å². The Morgan fingerprint density at radius 1 is 0.897 bits per heavy atom. The van der Waals surface area contributed by atoms with E-state index in [1.807, 2.05) is 44.7 Å². The number of nitrogens with one attached hydrogen (secondary N) is 3. The quantitative estimate of drug-likeness (QED) is 0.637. The second-order valence-electron chi connectivity index (χ2n) is 7.97. The topological polar surface area (TPSA) is 93.8 Å². The van der Waals surface area contributed by atoms with Gasteiger partial charge in [-0.25, -0.2) is 4.79 Å². The number of hydrogen-bond donors (Lipinski definition) is 3. The van der Waals surface area contributed by atoms with E-state index in [1.54, 1.807) is 12.1 Å². The summed E-state index contributed by atoms with van der Waals surface area (Å²) >= 11 is 0. The zero-order valence-electron chi connectivity index (χ0n) is 17.8. The number of piperazine rings is 1. The van der Waals surface area contributed by atoms with Crippen molar-refractivity contribution in [3.05, 3.63) is 35.4 Å². The molecule has 160 valence electrons. The van der Waals surface area contributed by atoms with Crippen LogP contribution in [0.3, 0.4) is 0 Å². The van der Waals surface area contributed by atoms with Crippen molar-refractivity contribution in [2.24, 2.45) is 0 Å². The number of amides is 4. The van der Waals surface area contributed by atoms with E-state index in [0.717, 1.165) is 5.56 Å². The van der Waals surface area contributed by atoms with Crippen LogP contribution in [0.1, 0.15) is 43.6 Å². The first-order valence-electron chi connectivity index (χ1n) is 10.2. The van der Waals surface area contributed by atoms with E-state index in [9.17, 15) is 14.4 Å². The molecule has 0 spiro atoms. The number of hydrogen-bond acceptors (Lipinski definition) is 4. The van der Waals surface area contributed by atoms with Gasteiger partial charge in [0, 0.05) is 50.4 Å². The highest BCUT2D eigenvalue weighted by atomic mass is 16.2. The van der Waals surface area contributed by atoms with Gasteiger partial charge < -0.3 is 20.9 Å². The van der Waals surface area contributed by atoms with Crippen LogP contribution < -0.4 is 16.0 Å². The molecular weight excluding hydrogens is 370 g/mol. The minimum absolute atomic E-state index is 0.00616. The maximum Gasteiger partial charge on any atom is 0.315 e. The summed E-state index contributed by atoms with van der Waals surface area (Å²) in [5.41, 5.74) is 1.56. The van der Waals surface area contributed by atoms with Crippen molar-refractivity contribution in [1.82, 2.24) is 25.8 Å². The van der Waals surface area contributed by atoms with Crippen LogP contribution >= 0.6 is 0 Å². The minimum Gasteiger partial charge on any atom is -0.353 e. The molecule has 1 aromatic carbocycles. The average molecular weight is 404 g/mol. The molecule has 0 bridgehead atoms. The lowest BCUT2D eigenvalue weighted by Crippen LogP contribution is -2.51. The maximum absolute atomic E-state index is 12.7. The summed E-state index contributed by atoms with van der Waals surface area (Å²) in [4.78, 5) is 40.1. The van der Waals surface area contributed by atoms with Gasteiger partial charge in [0.25, 0.3) is 5.91 Å². The molecule has 4 amide bonds. The standard InChI is InChI=1S/C21H33N5O3/c1-15(2)23-19(27)14-25-9-11-26(12-10-25)20(28)18-7-5-17(6-8-18)13-22-21(29)24-16(3)4/h5-8,15-16H,9-14H2,1-4H3,(H,23,27)(H2,22,24,29). The number of carbonyl (C=O) groups excluding carboxylic acids is 3. The molecule has 3 N–H and O–H groups in total. The van der Waals surface area contributed by atoms with Crippen molar-refractivity contribution in [1.29, 1.82) is 0 Å². The van der Waals surface area contributed by atoms with Gasteiger partial charge in [-0.1, -0.05) is 12.1 Å². The smallest absolute Gasteiger partial charge is 0.315 e. The number of rotatable bonds is 7. The number of benzene rings is 1. The molecule has 1 aromatic rings. The van der Waals surface area contributed by atoms with Crippen molar-refractivity contribution in [2.75, 3.05) is 32.7 Å². The first-order valence-corrected chi connectivity index (χ1v) is 10.2. The van der Waals surface area contributed by atoms with Crippen molar-refractivity contribution >= 4 is 17.8 Å². The predicted octanol–water partition coefficient (Wildman–Crippen LogP) is 1.18. The normalized spacial score (nSPS) is 14.8. The first kappa shape index (κ1) is 22.7. The highest BCUT2D eigenvalue weighted by molar-refractivity contribution is 5.94. The highest BCUT2D eigenvalue weighted by Gasteiger charge is 2.23. The zero-order valence-corrected chi connectivity index (χ0v) is 17.8. The second kappa shape index (κ2) is 10.8. The molecule has 0 unspecified atom stereocenters. The summed E-state index contributed by atoms with van der Waals surface area (Å²) in [7, 11) is 0. The van der Waals surface area contributed by atoms with E-state index < -0.39 is 0 Å². The van der Waals surface area contributed by atoms with E-state index in [2.05, 4.69) is 20.9 Å². The molecule has 0 saturated carbocycles. The highest BCUT2D eigenvalue weighted by Crippen LogP contribution is 2.10. The van der Waals surface area contributed by atoms with Crippen LogP contribution in [0, 0.1) is 0 Å². The minimum atomic E-state index is -0.208. The molecule has 0 aliphatic carbocycles. The maximum atomic E-state index is 12.7. The summed E-state index contributed by atoms with van der Waals surface area (Å²) in [6, 6.07) is 7.31. The largest absolute Gasteiger partial charge is 0.353 e. The molecule has 1 saturated heterocycles. The van der Waals surface area contributed by atoms with Crippen LogP contribution in [-0.4, -0.2) is 72.5 Å². The van der Waals surface area contributed by atoms with Crippen LogP contribution in [0.5, 0.6) is 0 Å². The van der Waals surface area contributed by atoms with E-state index >= 15 is 0 Å². The summed E-state index contributed by atoms with van der Waals surface area (Å²) in [5, 5.41) is 8.45. The lowest BCUT2D eigenvalue weighted by Gasteiger charge is -2.34. The van der Waals surface area contributed by atoms with Gasteiger partial charge in [-0.15, -0.1) is 0 Å². The SMILES string of the molecule is CC(C)NC(=O)CN1CCN(C(=O)c2ccc(CNC(=O)NC(C)C)cc2)CC1. The van der Waals surface area contributed by atoms with Crippen LogP contribution in [-0.2, 0) is 11.3 Å². The lowest BCUT2D eigenvalue weighted by molar-refractivity contribution is -0.123. The van der Waals surface area contributed by atoms with Gasteiger partial charge in [0.1, 0.15) is 0 Å². The zero-order chi connectivity index (χ0) is 21.4. The molecule has 1 aliphatic rings. The van der Waals surface area contributed by atoms with Gasteiger partial charge >= 0.3 is 6.03 Å². The van der Waals surface area contributed by atoms with E-state index in [-0.39, 0.29) is 29.9 Å². The second-order valence-corrected chi connectivity index (χ2v) is 7.97. The number of urea groups is 1. The Morgan fingerprint density at radius 2 is 1.48 bits per heavy atom. The summed E-state index contributed by atoms with van der Waals surface area (Å²) in [6.07, 6.45) is 0. The Balaban J connectivity index is 1.79. The third-order valence-corrected chi connectivity index (χ3v) is 4.55. The Labute approximate surface area is 173 Å². The summed E-state index contributed by atoms with van der Waals surface area (Å²) < 4.78 is 0. The van der Waals surface area contributed by atoms with Gasteiger partial charge in [0.05, 0.1) is 6.54 Å². The Kier molecular flexibility index (Phi) is 8.45. The molecule has 0 aromatic heterocycles. The molecule has 0 atom stereocenters. The molecule has 29 heavy (non-hydrogen) atoms. The fourth-order valence-electron chi connectivity index (χ4n) is 3.12. The molecule has 8 nitrogen and oxygen atoms in total. The van der Waals surface area contributed by atoms with Gasteiger partial charge in [0.15, 0.2) is 0 Å². The molecule has 8 heteroatoms. The summed E-state index contributed by atoms with van der Waals surface area (Å²) in [6.45, 7) is 11.0. The Bertz CT molecular complexity index is 695. The van der Waals surface area contributed by atoms with E-state index in [1.165, 1.54) is 0 Å².